The third-order valence-corrected chi connectivity index (χ3v) is 6.02. The topological polar surface area (TPSA) is 125 Å². The molecule has 2 N–H and O–H groups in total. The fourth-order valence-corrected chi connectivity index (χ4v) is 3.93. The maximum Gasteiger partial charge on any atom is 0.336 e. The number of hydrogen-bond acceptors (Lipinski definition) is 8. The van der Waals surface area contributed by atoms with Gasteiger partial charge in [-0.25, -0.2) is 10.2 Å². The fraction of sp³-hybridized carbons (Fsp3) is 0.0909. The van der Waals surface area contributed by atoms with Crippen molar-refractivity contribution in [1.29, 1.82) is 0 Å². The lowest BCUT2D eigenvalue weighted by Crippen LogP contribution is -2.18. The zero-order valence-corrected chi connectivity index (χ0v) is 23.7. The highest BCUT2D eigenvalue weighted by molar-refractivity contribution is 6.06. The van der Waals surface area contributed by atoms with E-state index in [2.05, 4.69) is 15.8 Å². The number of hydrazone groups is 1. The van der Waals surface area contributed by atoms with Gasteiger partial charge >= 0.3 is 5.97 Å². The van der Waals surface area contributed by atoms with Gasteiger partial charge in [0.2, 0.25) is 5.75 Å². The minimum absolute atomic E-state index is 0.255. The first-order chi connectivity index (χ1) is 20.9. The summed E-state index contributed by atoms with van der Waals surface area (Å²) >= 11 is 0. The number of hydrogen-bond donors (Lipinski definition) is 2. The predicted octanol–water partition coefficient (Wildman–Crippen LogP) is 5.35. The van der Waals surface area contributed by atoms with E-state index in [0.29, 0.717) is 28.5 Å². The van der Waals surface area contributed by atoms with Gasteiger partial charge in [-0.1, -0.05) is 48.5 Å². The third kappa shape index (κ3) is 8.08. The summed E-state index contributed by atoms with van der Waals surface area (Å²) in [6.45, 7) is 0. The van der Waals surface area contributed by atoms with Crippen LogP contribution in [0.5, 0.6) is 23.0 Å². The number of nitrogens with zero attached hydrogens (tertiary/aromatic N) is 1. The molecule has 0 bridgehead atoms. The lowest BCUT2D eigenvalue weighted by molar-refractivity contribution is -0.128. The van der Waals surface area contributed by atoms with Gasteiger partial charge in [0.15, 0.2) is 11.5 Å². The number of rotatable bonds is 11. The first-order valence-corrected chi connectivity index (χ1v) is 13.0. The van der Waals surface area contributed by atoms with Crippen molar-refractivity contribution in [2.45, 2.75) is 0 Å². The molecular formula is C33H29N3O7. The molecular weight excluding hydrogens is 550 g/mol. The van der Waals surface area contributed by atoms with Crippen LogP contribution >= 0.6 is 0 Å². The van der Waals surface area contributed by atoms with E-state index in [-0.39, 0.29) is 16.9 Å². The van der Waals surface area contributed by atoms with E-state index in [1.165, 1.54) is 51.8 Å². The molecule has 0 aliphatic rings. The summed E-state index contributed by atoms with van der Waals surface area (Å²) in [5.41, 5.74) is 4.70. The van der Waals surface area contributed by atoms with Gasteiger partial charge in [0, 0.05) is 28.5 Å². The smallest absolute Gasteiger partial charge is 0.336 e. The number of amides is 2. The molecule has 0 fully saturated rings. The highest BCUT2D eigenvalue weighted by Crippen LogP contribution is 2.38. The Morgan fingerprint density at radius 3 is 2.09 bits per heavy atom. The lowest BCUT2D eigenvalue weighted by Gasteiger charge is -2.14. The van der Waals surface area contributed by atoms with Crippen molar-refractivity contribution in [3.63, 3.8) is 0 Å². The van der Waals surface area contributed by atoms with Crippen LogP contribution in [-0.2, 0) is 4.79 Å². The molecule has 43 heavy (non-hydrogen) atoms. The fourth-order valence-electron chi connectivity index (χ4n) is 3.93. The van der Waals surface area contributed by atoms with E-state index in [1.54, 1.807) is 48.5 Å². The first-order valence-electron chi connectivity index (χ1n) is 13.0. The summed E-state index contributed by atoms with van der Waals surface area (Å²) in [7, 11) is 4.39. The van der Waals surface area contributed by atoms with Crippen LogP contribution in [0.25, 0.3) is 6.08 Å². The van der Waals surface area contributed by atoms with Crippen LogP contribution in [0.1, 0.15) is 31.8 Å². The highest BCUT2D eigenvalue weighted by Gasteiger charge is 2.17. The lowest BCUT2D eigenvalue weighted by atomic mass is 10.1. The summed E-state index contributed by atoms with van der Waals surface area (Å²) in [6.07, 6.45) is 4.36. The van der Waals surface area contributed by atoms with Gasteiger partial charge in [0.25, 0.3) is 11.8 Å². The number of carbonyl (C=O) groups is 3. The minimum Gasteiger partial charge on any atom is -0.493 e. The standard InChI is InChI=1S/C33H29N3O7/c1-40-28-19-25(20-29(41-2)31(28)42-3)32(38)35-26-14-9-13-23(18-26)33(39)36-34-21-24-12-7-8-15-27(24)43-30(37)17-16-22-10-5-4-6-11-22/h4-21H,1-3H3,(H,35,38)(H,36,39)/b17-16+,34-21?. The van der Waals surface area contributed by atoms with E-state index < -0.39 is 17.8 Å². The van der Waals surface area contributed by atoms with E-state index >= 15 is 0 Å². The van der Waals surface area contributed by atoms with E-state index in [1.807, 2.05) is 30.3 Å². The van der Waals surface area contributed by atoms with Crippen molar-refractivity contribution in [3.05, 3.63) is 119 Å². The Kier molecular flexibility index (Phi) is 10.2. The number of benzene rings is 4. The molecule has 2 amide bonds. The number of para-hydroxylation sites is 1. The number of nitrogens with one attached hydrogen (secondary N) is 2. The minimum atomic E-state index is -0.556. The molecule has 4 aromatic carbocycles. The van der Waals surface area contributed by atoms with Crippen LogP contribution in [0.4, 0.5) is 5.69 Å². The zero-order valence-electron chi connectivity index (χ0n) is 23.7. The van der Waals surface area contributed by atoms with E-state index in [4.69, 9.17) is 18.9 Å². The van der Waals surface area contributed by atoms with Crippen LogP contribution < -0.4 is 29.7 Å². The van der Waals surface area contributed by atoms with Crippen LogP contribution in [0.2, 0.25) is 0 Å². The van der Waals surface area contributed by atoms with Crippen molar-refractivity contribution in [3.8, 4) is 23.0 Å². The van der Waals surface area contributed by atoms with Crippen LogP contribution in [0, 0.1) is 0 Å². The molecule has 4 rings (SSSR count). The SMILES string of the molecule is COc1cc(C(=O)Nc2cccc(C(=O)NN=Cc3ccccc3OC(=O)/C=C/c3ccccc3)c2)cc(OC)c1OC. The summed E-state index contributed by atoms with van der Waals surface area (Å²) in [4.78, 5) is 38.1. The zero-order chi connectivity index (χ0) is 30.6. The Labute approximate surface area is 248 Å². The highest BCUT2D eigenvalue weighted by atomic mass is 16.5. The normalized spacial score (nSPS) is 10.8. The molecule has 0 aliphatic carbocycles. The maximum atomic E-state index is 13.0. The number of esters is 1. The second-order valence-corrected chi connectivity index (χ2v) is 8.85. The monoisotopic (exact) mass is 579 g/mol. The summed E-state index contributed by atoms with van der Waals surface area (Å²) < 4.78 is 21.4. The van der Waals surface area contributed by atoms with E-state index in [9.17, 15) is 14.4 Å². The molecule has 218 valence electrons. The third-order valence-electron chi connectivity index (χ3n) is 6.02. The first kappa shape index (κ1) is 30.1. The molecule has 0 spiro atoms. The van der Waals surface area contributed by atoms with Gasteiger partial charge in [0.05, 0.1) is 27.5 Å². The summed E-state index contributed by atoms with van der Waals surface area (Å²) in [5.74, 6) is -0.212. The van der Waals surface area contributed by atoms with Crippen molar-refractivity contribution >= 4 is 35.8 Å². The Hall–Kier alpha value is -5.90. The Morgan fingerprint density at radius 1 is 0.698 bits per heavy atom. The van der Waals surface area contributed by atoms with Crippen molar-refractivity contribution in [1.82, 2.24) is 5.43 Å². The summed E-state index contributed by atoms with van der Waals surface area (Å²) in [5, 5.41) is 6.77. The molecule has 0 aliphatic heterocycles. The molecule has 0 saturated heterocycles. The molecule has 0 radical (unpaired) electrons. The molecule has 4 aromatic rings. The number of ether oxygens (including phenoxy) is 4. The predicted molar refractivity (Wildman–Crippen MR) is 163 cm³/mol. The molecule has 0 aromatic heterocycles. The number of carbonyl (C=O) groups excluding carboxylic acids is 3. The molecule has 0 atom stereocenters. The van der Waals surface area contributed by atoms with Gasteiger partial charge in [-0.05, 0) is 54.1 Å². The average molecular weight is 580 g/mol. The molecule has 0 unspecified atom stereocenters. The second kappa shape index (κ2) is 14.6. The Balaban J connectivity index is 1.40. The molecule has 0 saturated carbocycles. The average Bonchev–Trinajstić information content (AvgIpc) is 3.04. The van der Waals surface area contributed by atoms with E-state index in [0.717, 1.165) is 5.56 Å². The van der Waals surface area contributed by atoms with Crippen molar-refractivity contribution in [2.24, 2.45) is 5.10 Å². The number of anilines is 1. The maximum absolute atomic E-state index is 13.0. The van der Waals surface area contributed by atoms with Gasteiger partial charge in [-0.2, -0.15) is 5.10 Å². The van der Waals surface area contributed by atoms with Crippen molar-refractivity contribution in [2.75, 3.05) is 26.6 Å². The second-order valence-electron chi connectivity index (χ2n) is 8.85. The van der Waals surface area contributed by atoms with Gasteiger partial charge in [0.1, 0.15) is 5.75 Å². The van der Waals surface area contributed by atoms with Crippen LogP contribution in [-0.4, -0.2) is 45.3 Å². The number of methoxy groups -OCH3 is 3. The Bertz CT molecular complexity index is 1640. The molecule has 10 heteroatoms. The van der Waals surface area contributed by atoms with Gasteiger partial charge in [-0.15, -0.1) is 0 Å². The molecule has 0 heterocycles. The van der Waals surface area contributed by atoms with Gasteiger partial charge in [-0.3, -0.25) is 9.59 Å². The largest absolute Gasteiger partial charge is 0.493 e. The van der Waals surface area contributed by atoms with Gasteiger partial charge < -0.3 is 24.3 Å². The quantitative estimate of drug-likeness (QED) is 0.0807. The van der Waals surface area contributed by atoms with Crippen LogP contribution in [0.15, 0.2) is 102 Å². The molecule has 10 nitrogen and oxygen atoms in total. The Morgan fingerprint density at radius 2 is 1.40 bits per heavy atom. The summed E-state index contributed by atoms with van der Waals surface area (Å²) in [6, 6.07) is 25.6. The van der Waals surface area contributed by atoms with Crippen molar-refractivity contribution < 1.29 is 33.3 Å². The van der Waals surface area contributed by atoms with Crippen LogP contribution in [0.3, 0.4) is 0 Å².